The Morgan fingerprint density at radius 1 is 1.28 bits per heavy atom. The molecule has 0 aliphatic heterocycles. The number of benzene rings is 1. The largest absolute Gasteiger partial charge is 0.445 e. The van der Waals surface area contributed by atoms with Gasteiger partial charge in [-0.05, 0) is 18.9 Å². The second kappa shape index (κ2) is 10.1. The standard InChI is InChI=1S/C17H23N3O5/c1-3-7-13(15(18)22)19-16(23)14(11(2)21)20-17(24)25-10-12-8-5-4-6-9-12/h3-6,8-9,11,13-14,21H,1,7,10H2,2H3,(H2,18,22)(H,19,23)(H,20,24)/t11-,13-,14+/m1/s1. The molecule has 1 aromatic rings. The number of carbonyl (C=O) groups is 3. The number of amides is 3. The van der Waals surface area contributed by atoms with E-state index in [0.717, 1.165) is 5.56 Å². The molecule has 0 aliphatic carbocycles. The van der Waals surface area contributed by atoms with E-state index in [-0.39, 0.29) is 13.0 Å². The highest BCUT2D eigenvalue weighted by Crippen LogP contribution is 2.02. The fourth-order valence-electron chi connectivity index (χ4n) is 1.97. The molecule has 0 saturated carbocycles. The molecule has 0 spiro atoms. The zero-order chi connectivity index (χ0) is 18.8. The van der Waals surface area contributed by atoms with Crippen molar-refractivity contribution in [1.82, 2.24) is 10.6 Å². The summed E-state index contributed by atoms with van der Waals surface area (Å²) in [6, 6.07) is 6.70. The first-order valence-electron chi connectivity index (χ1n) is 7.71. The third-order valence-electron chi connectivity index (χ3n) is 3.31. The van der Waals surface area contributed by atoms with E-state index >= 15 is 0 Å². The average molecular weight is 349 g/mol. The van der Waals surface area contributed by atoms with Crippen molar-refractivity contribution in [3.8, 4) is 0 Å². The normalized spacial score (nSPS) is 13.8. The summed E-state index contributed by atoms with van der Waals surface area (Å²) in [6.07, 6.45) is -0.522. The van der Waals surface area contributed by atoms with Crippen LogP contribution in [0, 0.1) is 0 Å². The first-order valence-corrected chi connectivity index (χ1v) is 7.71. The predicted molar refractivity (Wildman–Crippen MR) is 91.2 cm³/mol. The lowest BCUT2D eigenvalue weighted by Gasteiger charge is -2.23. The van der Waals surface area contributed by atoms with Crippen molar-refractivity contribution in [2.45, 2.75) is 38.1 Å². The number of ether oxygens (including phenoxy) is 1. The van der Waals surface area contributed by atoms with Crippen molar-refractivity contribution in [3.05, 3.63) is 48.6 Å². The van der Waals surface area contributed by atoms with Crippen LogP contribution in [-0.2, 0) is 20.9 Å². The Hall–Kier alpha value is -2.87. The van der Waals surface area contributed by atoms with Crippen LogP contribution in [-0.4, -0.2) is 41.2 Å². The summed E-state index contributed by atoms with van der Waals surface area (Å²) >= 11 is 0. The summed E-state index contributed by atoms with van der Waals surface area (Å²) in [4.78, 5) is 35.3. The highest BCUT2D eigenvalue weighted by atomic mass is 16.5. The van der Waals surface area contributed by atoms with Gasteiger partial charge in [-0.3, -0.25) is 9.59 Å². The number of primary amides is 1. The van der Waals surface area contributed by atoms with E-state index in [9.17, 15) is 19.5 Å². The van der Waals surface area contributed by atoms with Gasteiger partial charge in [0, 0.05) is 0 Å². The molecular formula is C17H23N3O5. The maximum Gasteiger partial charge on any atom is 0.408 e. The minimum atomic E-state index is -1.30. The van der Waals surface area contributed by atoms with Crippen LogP contribution in [0.5, 0.6) is 0 Å². The van der Waals surface area contributed by atoms with Crippen molar-refractivity contribution in [1.29, 1.82) is 0 Å². The molecule has 0 aliphatic rings. The number of rotatable bonds is 9. The lowest BCUT2D eigenvalue weighted by Crippen LogP contribution is -2.56. The lowest BCUT2D eigenvalue weighted by atomic mass is 10.1. The SMILES string of the molecule is C=CC[C@@H](NC(=O)[C@@H](NC(=O)OCc1ccccc1)[C@@H](C)O)C(N)=O. The molecule has 8 heteroatoms. The van der Waals surface area contributed by atoms with Crippen LogP contribution in [0.4, 0.5) is 4.79 Å². The predicted octanol–water partition coefficient (Wildman–Crippen LogP) is 0.208. The van der Waals surface area contributed by atoms with Crippen LogP contribution in [0.2, 0.25) is 0 Å². The van der Waals surface area contributed by atoms with Gasteiger partial charge in [0.2, 0.25) is 11.8 Å². The van der Waals surface area contributed by atoms with Crippen LogP contribution in [0.15, 0.2) is 43.0 Å². The smallest absolute Gasteiger partial charge is 0.408 e. The number of nitrogens with one attached hydrogen (secondary N) is 2. The highest BCUT2D eigenvalue weighted by Gasteiger charge is 2.29. The number of carbonyl (C=O) groups excluding carboxylic acids is 3. The van der Waals surface area contributed by atoms with Gasteiger partial charge >= 0.3 is 6.09 Å². The number of aliphatic hydroxyl groups excluding tert-OH is 1. The quantitative estimate of drug-likeness (QED) is 0.473. The van der Waals surface area contributed by atoms with Gasteiger partial charge in [0.05, 0.1) is 6.10 Å². The molecule has 0 unspecified atom stereocenters. The third kappa shape index (κ3) is 7.05. The van der Waals surface area contributed by atoms with E-state index in [1.165, 1.54) is 13.0 Å². The van der Waals surface area contributed by atoms with Crippen molar-refractivity contribution in [2.24, 2.45) is 5.73 Å². The molecule has 0 heterocycles. The Kier molecular flexibility index (Phi) is 8.14. The number of nitrogens with two attached hydrogens (primary N) is 1. The van der Waals surface area contributed by atoms with Crippen molar-refractivity contribution >= 4 is 17.9 Å². The Bertz CT molecular complexity index is 604. The van der Waals surface area contributed by atoms with E-state index < -0.39 is 36.1 Å². The molecule has 1 rings (SSSR count). The fraction of sp³-hybridized carbons (Fsp3) is 0.353. The summed E-state index contributed by atoms with van der Waals surface area (Å²) < 4.78 is 5.01. The van der Waals surface area contributed by atoms with E-state index in [0.29, 0.717) is 0 Å². The third-order valence-corrected chi connectivity index (χ3v) is 3.31. The van der Waals surface area contributed by atoms with E-state index in [1.807, 2.05) is 6.07 Å². The molecule has 3 atom stereocenters. The molecule has 136 valence electrons. The zero-order valence-corrected chi connectivity index (χ0v) is 14.0. The fourth-order valence-corrected chi connectivity index (χ4v) is 1.97. The summed E-state index contributed by atoms with van der Waals surface area (Å²) in [6.45, 7) is 4.82. The second-order valence-corrected chi connectivity index (χ2v) is 5.41. The summed E-state index contributed by atoms with van der Waals surface area (Å²) in [5, 5.41) is 14.4. The molecule has 0 fully saturated rings. The van der Waals surface area contributed by atoms with Crippen molar-refractivity contribution in [2.75, 3.05) is 0 Å². The topological polar surface area (TPSA) is 131 Å². The first kappa shape index (κ1) is 20.2. The molecule has 0 saturated heterocycles. The van der Waals surface area contributed by atoms with Gasteiger partial charge in [-0.2, -0.15) is 0 Å². The zero-order valence-electron chi connectivity index (χ0n) is 14.0. The second-order valence-electron chi connectivity index (χ2n) is 5.41. The van der Waals surface area contributed by atoms with Crippen LogP contribution in [0.1, 0.15) is 18.9 Å². The Morgan fingerprint density at radius 2 is 1.92 bits per heavy atom. The van der Waals surface area contributed by atoms with Crippen LogP contribution in [0.25, 0.3) is 0 Å². The van der Waals surface area contributed by atoms with Crippen LogP contribution < -0.4 is 16.4 Å². The Labute approximate surface area is 146 Å². The lowest BCUT2D eigenvalue weighted by molar-refractivity contribution is -0.130. The molecular weight excluding hydrogens is 326 g/mol. The molecule has 5 N–H and O–H groups in total. The molecule has 1 aromatic carbocycles. The monoisotopic (exact) mass is 349 g/mol. The molecule has 25 heavy (non-hydrogen) atoms. The van der Waals surface area contributed by atoms with Crippen molar-refractivity contribution in [3.63, 3.8) is 0 Å². The van der Waals surface area contributed by atoms with E-state index in [2.05, 4.69) is 17.2 Å². The number of hydrogen-bond donors (Lipinski definition) is 4. The maximum atomic E-state index is 12.2. The van der Waals surface area contributed by atoms with E-state index in [1.54, 1.807) is 24.3 Å². The minimum absolute atomic E-state index is 0.0151. The van der Waals surface area contributed by atoms with Crippen LogP contribution >= 0.6 is 0 Å². The summed E-state index contributed by atoms with van der Waals surface area (Å²) in [5.74, 6) is -1.50. The maximum absolute atomic E-state index is 12.2. The van der Waals surface area contributed by atoms with E-state index in [4.69, 9.17) is 10.5 Å². The molecule has 0 radical (unpaired) electrons. The van der Waals surface area contributed by atoms with Crippen molar-refractivity contribution < 1.29 is 24.2 Å². The summed E-state index contributed by atoms with van der Waals surface area (Å²) in [5.41, 5.74) is 5.96. The average Bonchev–Trinajstić information content (AvgIpc) is 2.57. The van der Waals surface area contributed by atoms with Crippen LogP contribution in [0.3, 0.4) is 0 Å². The molecule has 3 amide bonds. The van der Waals surface area contributed by atoms with Gasteiger partial charge in [0.1, 0.15) is 18.7 Å². The number of aliphatic hydroxyl groups is 1. The van der Waals surface area contributed by atoms with Gasteiger partial charge in [-0.15, -0.1) is 6.58 Å². The first-order chi connectivity index (χ1) is 11.8. The highest BCUT2D eigenvalue weighted by molar-refractivity contribution is 5.91. The van der Waals surface area contributed by atoms with Gasteiger partial charge in [-0.25, -0.2) is 4.79 Å². The van der Waals surface area contributed by atoms with Gasteiger partial charge in [0.25, 0.3) is 0 Å². The van der Waals surface area contributed by atoms with Gasteiger partial charge < -0.3 is 26.2 Å². The van der Waals surface area contributed by atoms with Gasteiger partial charge in [-0.1, -0.05) is 36.4 Å². The Balaban J connectivity index is 2.62. The number of hydrogen-bond acceptors (Lipinski definition) is 5. The molecule has 0 aromatic heterocycles. The molecule has 0 bridgehead atoms. The number of alkyl carbamates (subject to hydrolysis) is 1. The minimum Gasteiger partial charge on any atom is -0.445 e. The van der Waals surface area contributed by atoms with Gasteiger partial charge in [0.15, 0.2) is 0 Å². The Morgan fingerprint density at radius 3 is 2.44 bits per heavy atom. The molecule has 8 nitrogen and oxygen atoms in total. The summed E-state index contributed by atoms with van der Waals surface area (Å²) in [7, 11) is 0.